The van der Waals surface area contributed by atoms with Gasteiger partial charge >= 0.3 is 0 Å². The van der Waals surface area contributed by atoms with Crippen LogP contribution in [-0.4, -0.2) is 24.0 Å². The van der Waals surface area contributed by atoms with E-state index in [-0.39, 0.29) is 12.5 Å². The summed E-state index contributed by atoms with van der Waals surface area (Å²) in [5, 5.41) is 6.99. The summed E-state index contributed by atoms with van der Waals surface area (Å²) in [7, 11) is 0. The number of anilines is 1. The third-order valence-electron chi connectivity index (χ3n) is 2.69. The molecule has 0 radical (unpaired) electrons. The smallest absolute Gasteiger partial charge is 0.239 e. The number of para-hydroxylation sites is 1. The highest BCUT2D eigenvalue weighted by Crippen LogP contribution is 2.23. The molecule has 0 aliphatic heterocycles. The Morgan fingerprint density at radius 2 is 2.26 bits per heavy atom. The van der Waals surface area contributed by atoms with Crippen molar-refractivity contribution in [2.45, 2.75) is 13.3 Å². The fourth-order valence-electron chi connectivity index (χ4n) is 1.78. The molecule has 1 aromatic heterocycles. The maximum absolute atomic E-state index is 11.6. The number of nitrogens with one attached hydrogen (secondary N) is 2. The predicted octanol–water partition coefficient (Wildman–Crippen LogP) is 2.94. The number of rotatable bonds is 5. The van der Waals surface area contributed by atoms with Crippen LogP contribution in [0.2, 0.25) is 0 Å². The van der Waals surface area contributed by atoms with E-state index < -0.39 is 0 Å². The average Bonchev–Trinajstić information content (AvgIpc) is 2.42. The lowest BCUT2D eigenvalue weighted by atomic mass is 10.2. The van der Waals surface area contributed by atoms with Crippen LogP contribution < -0.4 is 10.6 Å². The Morgan fingerprint density at radius 1 is 1.42 bits per heavy atom. The van der Waals surface area contributed by atoms with Crippen LogP contribution in [0.3, 0.4) is 0 Å². The van der Waals surface area contributed by atoms with Crippen molar-refractivity contribution < 1.29 is 4.79 Å². The van der Waals surface area contributed by atoms with Crippen LogP contribution in [0.4, 0.5) is 5.69 Å². The lowest BCUT2D eigenvalue weighted by Crippen LogP contribution is -2.30. The minimum Gasteiger partial charge on any atom is -0.374 e. The van der Waals surface area contributed by atoms with E-state index in [2.05, 4.69) is 31.5 Å². The van der Waals surface area contributed by atoms with Gasteiger partial charge in [0.1, 0.15) is 0 Å². The highest BCUT2D eigenvalue weighted by atomic mass is 79.9. The van der Waals surface area contributed by atoms with E-state index in [4.69, 9.17) is 0 Å². The molecular weight excluding hydrogens is 306 g/mol. The summed E-state index contributed by atoms with van der Waals surface area (Å²) in [6.45, 7) is 3.00. The number of aromatic nitrogens is 1. The van der Waals surface area contributed by atoms with Crippen LogP contribution in [-0.2, 0) is 4.79 Å². The van der Waals surface area contributed by atoms with Gasteiger partial charge in [-0.3, -0.25) is 9.78 Å². The first-order valence-electron chi connectivity index (χ1n) is 6.25. The van der Waals surface area contributed by atoms with Crippen molar-refractivity contribution in [2.24, 2.45) is 0 Å². The Bertz CT molecular complexity index is 586. The number of nitrogens with zero attached hydrogens (tertiary/aromatic N) is 1. The molecule has 0 saturated heterocycles. The molecule has 0 aliphatic rings. The standard InChI is InChI=1S/C14H16BrN3O/c1-2-6-16-13(19)9-17-12-5-3-4-10-7-11(15)8-18-14(10)12/h3-5,7-8,17H,2,6,9H2,1H3,(H,16,19). The van der Waals surface area contributed by atoms with Crippen molar-refractivity contribution in [3.63, 3.8) is 0 Å². The summed E-state index contributed by atoms with van der Waals surface area (Å²) >= 11 is 3.40. The van der Waals surface area contributed by atoms with Crippen molar-refractivity contribution in [3.8, 4) is 0 Å². The number of carbonyl (C=O) groups excluding carboxylic acids is 1. The summed E-state index contributed by atoms with van der Waals surface area (Å²) in [6.07, 6.45) is 2.69. The minimum atomic E-state index is -0.00374. The van der Waals surface area contributed by atoms with Gasteiger partial charge in [-0.25, -0.2) is 0 Å². The molecule has 1 aromatic carbocycles. The predicted molar refractivity (Wildman–Crippen MR) is 81.2 cm³/mol. The number of carbonyl (C=O) groups is 1. The molecule has 0 saturated carbocycles. The lowest BCUT2D eigenvalue weighted by Gasteiger charge is -2.09. The average molecular weight is 322 g/mol. The van der Waals surface area contributed by atoms with Crippen LogP contribution in [0.25, 0.3) is 10.9 Å². The molecule has 19 heavy (non-hydrogen) atoms. The SMILES string of the molecule is CCCNC(=O)CNc1cccc2cc(Br)cnc12. The second kappa shape index (κ2) is 6.52. The fraction of sp³-hybridized carbons (Fsp3) is 0.286. The molecule has 4 nitrogen and oxygen atoms in total. The highest BCUT2D eigenvalue weighted by Gasteiger charge is 2.04. The molecule has 2 N–H and O–H groups in total. The van der Waals surface area contributed by atoms with Crippen molar-refractivity contribution in [3.05, 3.63) is 34.9 Å². The molecule has 0 spiro atoms. The molecule has 2 aromatic rings. The molecule has 1 heterocycles. The molecule has 0 fully saturated rings. The number of benzene rings is 1. The van der Waals surface area contributed by atoms with Crippen molar-refractivity contribution in [1.82, 2.24) is 10.3 Å². The van der Waals surface area contributed by atoms with Gasteiger partial charge in [-0.15, -0.1) is 0 Å². The second-order valence-electron chi connectivity index (χ2n) is 4.23. The Morgan fingerprint density at radius 3 is 3.05 bits per heavy atom. The minimum absolute atomic E-state index is 0.00374. The third-order valence-corrected chi connectivity index (χ3v) is 3.12. The largest absolute Gasteiger partial charge is 0.374 e. The topological polar surface area (TPSA) is 54.0 Å². The van der Waals surface area contributed by atoms with Gasteiger partial charge in [0.05, 0.1) is 17.7 Å². The second-order valence-corrected chi connectivity index (χ2v) is 5.15. The van der Waals surface area contributed by atoms with Crippen LogP contribution in [0.15, 0.2) is 34.9 Å². The first-order chi connectivity index (χ1) is 9.20. The summed E-state index contributed by atoms with van der Waals surface area (Å²) in [4.78, 5) is 15.9. The monoisotopic (exact) mass is 321 g/mol. The van der Waals surface area contributed by atoms with E-state index in [0.717, 1.165) is 27.5 Å². The van der Waals surface area contributed by atoms with E-state index in [1.54, 1.807) is 6.20 Å². The van der Waals surface area contributed by atoms with Gasteiger partial charge in [0, 0.05) is 22.6 Å². The molecule has 0 unspecified atom stereocenters. The number of fused-ring (bicyclic) bond motifs is 1. The van der Waals surface area contributed by atoms with Crippen LogP contribution in [0.1, 0.15) is 13.3 Å². The normalized spacial score (nSPS) is 10.4. The summed E-state index contributed by atoms with van der Waals surface area (Å²) in [5.74, 6) is -0.00374. The summed E-state index contributed by atoms with van der Waals surface area (Å²) in [6, 6.07) is 7.87. The van der Waals surface area contributed by atoms with Gasteiger partial charge < -0.3 is 10.6 Å². The Hall–Kier alpha value is -1.62. The zero-order valence-electron chi connectivity index (χ0n) is 10.7. The molecule has 100 valence electrons. The lowest BCUT2D eigenvalue weighted by molar-refractivity contribution is -0.119. The number of hydrogen-bond donors (Lipinski definition) is 2. The van der Waals surface area contributed by atoms with Crippen molar-refractivity contribution in [1.29, 1.82) is 0 Å². The van der Waals surface area contributed by atoms with Crippen LogP contribution >= 0.6 is 15.9 Å². The Balaban J connectivity index is 2.10. The summed E-state index contributed by atoms with van der Waals surface area (Å²) in [5.41, 5.74) is 1.74. The van der Waals surface area contributed by atoms with E-state index in [1.165, 1.54) is 0 Å². The maximum atomic E-state index is 11.6. The number of amides is 1. The quantitative estimate of drug-likeness (QED) is 0.890. The molecule has 0 atom stereocenters. The fourth-order valence-corrected chi connectivity index (χ4v) is 2.13. The van der Waals surface area contributed by atoms with Gasteiger partial charge in [0.15, 0.2) is 0 Å². The van der Waals surface area contributed by atoms with Crippen molar-refractivity contribution in [2.75, 3.05) is 18.4 Å². The van der Waals surface area contributed by atoms with Gasteiger partial charge in [0.2, 0.25) is 5.91 Å². The van der Waals surface area contributed by atoms with E-state index >= 15 is 0 Å². The number of halogens is 1. The van der Waals surface area contributed by atoms with Gasteiger partial charge in [0.25, 0.3) is 0 Å². The van der Waals surface area contributed by atoms with Crippen LogP contribution in [0.5, 0.6) is 0 Å². The summed E-state index contributed by atoms with van der Waals surface area (Å²) < 4.78 is 0.942. The molecule has 0 bridgehead atoms. The van der Waals surface area contributed by atoms with E-state index in [9.17, 15) is 4.79 Å². The third kappa shape index (κ3) is 3.67. The molecule has 0 aliphatic carbocycles. The first-order valence-corrected chi connectivity index (χ1v) is 7.05. The first kappa shape index (κ1) is 13.8. The highest BCUT2D eigenvalue weighted by molar-refractivity contribution is 9.10. The van der Waals surface area contributed by atoms with Crippen molar-refractivity contribution >= 4 is 38.4 Å². The van der Waals surface area contributed by atoms with Gasteiger partial charge in [-0.1, -0.05) is 19.1 Å². The van der Waals surface area contributed by atoms with Gasteiger partial charge in [-0.2, -0.15) is 0 Å². The molecule has 5 heteroatoms. The Labute approximate surface area is 120 Å². The number of pyridine rings is 1. The molecular formula is C14H16BrN3O. The molecule has 2 rings (SSSR count). The van der Waals surface area contributed by atoms with E-state index in [0.29, 0.717) is 6.54 Å². The zero-order valence-corrected chi connectivity index (χ0v) is 12.3. The van der Waals surface area contributed by atoms with E-state index in [1.807, 2.05) is 31.2 Å². The molecule has 1 amide bonds. The number of hydrogen-bond acceptors (Lipinski definition) is 3. The maximum Gasteiger partial charge on any atom is 0.239 e. The zero-order chi connectivity index (χ0) is 13.7. The van der Waals surface area contributed by atoms with Crippen LogP contribution in [0, 0.1) is 0 Å². The Kier molecular flexibility index (Phi) is 4.74. The van der Waals surface area contributed by atoms with Gasteiger partial charge in [-0.05, 0) is 34.5 Å².